The molecule has 1 saturated heterocycles. The molecule has 0 N–H and O–H groups in total. The monoisotopic (exact) mass is 382 g/mol. The molecule has 148 valence electrons. The first-order valence-electron chi connectivity index (χ1n) is 9.26. The molecule has 1 aliphatic rings. The summed E-state index contributed by atoms with van der Waals surface area (Å²) in [5, 5.41) is 0. The molecule has 1 aliphatic heterocycles. The largest absolute Gasteiger partial charge is 0.497 e. The van der Waals surface area contributed by atoms with Crippen LogP contribution < -0.4 is 14.4 Å². The fourth-order valence-electron chi connectivity index (χ4n) is 3.51. The molecular formula is C22H26N2O4. The van der Waals surface area contributed by atoms with Gasteiger partial charge in [0.1, 0.15) is 11.5 Å². The number of carbonyl (C=O) groups is 2. The number of anilines is 1. The first-order valence-corrected chi connectivity index (χ1v) is 9.26. The van der Waals surface area contributed by atoms with Gasteiger partial charge in [-0.1, -0.05) is 18.2 Å². The lowest BCUT2D eigenvalue weighted by Crippen LogP contribution is -2.34. The summed E-state index contributed by atoms with van der Waals surface area (Å²) in [6.07, 6.45) is 0.211. The van der Waals surface area contributed by atoms with Gasteiger partial charge < -0.3 is 19.3 Å². The highest BCUT2D eigenvalue weighted by Crippen LogP contribution is 2.34. The molecule has 1 heterocycles. The predicted octanol–water partition coefficient (Wildman–Crippen LogP) is 3.02. The maximum absolute atomic E-state index is 12.9. The normalized spacial score (nSPS) is 16.2. The van der Waals surface area contributed by atoms with Crippen LogP contribution >= 0.6 is 0 Å². The SMILES string of the molecule is COc1ccc(CN(C)C(=O)C2CC(=O)N(c3cc(C)ccc3OC)C2)cc1. The molecule has 0 aliphatic carbocycles. The Balaban J connectivity index is 1.70. The van der Waals surface area contributed by atoms with Gasteiger partial charge in [0.05, 0.1) is 25.8 Å². The minimum atomic E-state index is -0.360. The van der Waals surface area contributed by atoms with Crippen LogP contribution in [-0.4, -0.2) is 44.5 Å². The van der Waals surface area contributed by atoms with Gasteiger partial charge in [-0.15, -0.1) is 0 Å². The number of methoxy groups -OCH3 is 2. The molecule has 1 fully saturated rings. The van der Waals surface area contributed by atoms with Crippen molar-refractivity contribution in [1.29, 1.82) is 0 Å². The van der Waals surface area contributed by atoms with E-state index in [0.29, 0.717) is 18.8 Å². The Morgan fingerprint density at radius 1 is 1.14 bits per heavy atom. The summed E-state index contributed by atoms with van der Waals surface area (Å²) in [6, 6.07) is 13.3. The van der Waals surface area contributed by atoms with Gasteiger partial charge in [0.15, 0.2) is 0 Å². The zero-order valence-electron chi connectivity index (χ0n) is 16.8. The Bertz CT molecular complexity index is 863. The molecule has 6 heteroatoms. The lowest BCUT2D eigenvalue weighted by atomic mass is 10.1. The fourth-order valence-corrected chi connectivity index (χ4v) is 3.51. The molecule has 2 aromatic carbocycles. The van der Waals surface area contributed by atoms with Gasteiger partial charge in [-0.2, -0.15) is 0 Å². The minimum absolute atomic E-state index is 0.0294. The molecular weight excluding hydrogens is 356 g/mol. The van der Waals surface area contributed by atoms with Gasteiger partial charge in [0, 0.05) is 26.6 Å². The van der Waals surface area contributed by atoms with E-state index in [-0.39, 0.29) is 24.2 Å². The number of aryl methyl sites for hydroxylation is 1. The van der Waals surface area contributed by atoms with E-state index in [0.717, 1.165) is 22.6 Å². The second kappa shape index (κ2) is 8.33. The Kier molecular flexibility index (Phi) is 5.87. The van der Waals surface area contributed by atoms with E-state index < -0.39 is 0 Å². The molecule has 0 aromatic heterocycles. The highest BCUT2D eigenvalue weighted by Gasteiger charge is 2.37. The number of amides is 2. The van der Waals surface area contributed by atoms with Crippen LogP contribution in [0, 0.1) is 12.8 Å². The summed E-state index contributed by atoms with van der Waals surface area (Å²) >= 11 is 0. The molecule has 2 amide bonds. The lowest BCUT2D eigenvalue weighted by Gasteiger charge is -2.22. The Morgan fingerprint density at radius 2 is 1.86 bits per heavy atom. The summed E-state index contributed by atoms with van der Waals surface area (Å²) < 4.78 is 10.6. The third-order valence-electron chi connectivity index (χ3n) is 5.05. The fraction of sp³-hybridized carbons (Fsp3) is 0.364. The van der Waals surface area contributed by atoms with Crippen LogP contribution in [0.5, 0.6) is 11.5 Å². The molecule has 0 saturated carbocycles. The molecule has 1 atom stereocenters. The zero-order valence-corrected chi connectivity index (χ0v) is 16.8. The number of ether oxygens (including phenoxy) is 2. The van der Waals surface area contributed by atoms with Crippen LogP contribution in [-0.2, 0) is 16.1 Å². The first-order chi connectivity index (χ1) is 13.4. The quantitative estimate of drug-likeness (QED) is 0.771. The van der Waals surface area contributed by atoms with Crippen molar-refractivity contribution in [2.45, 2.75) is 19.9 Å². The average molecular weight is 382 g/mol. The number of benzene rings is 2. The van der Waals surface area contributed by atoms with E-state index in [2.05, 4.69) is 0 Å². The summed E-state index contributed by atoms with van der Waals surface area (Å²) in [4.78, 5) is 28.9. The van der Waals surface area contributed by atoms with Crippen LogP contribution in [0.2, 0.25) is 0 Å². The van der Waals surface area contributed by atoms with Crippen LogP contribution in [0.1, 0.15) is 17.5 Å². The number of hydrogen-bond donors (Lipinski definition) is 0. The molecule has 0 radical (unpaired) electrons. The molecule has 0 bridgehead atoms. The lowest BCUT2D eigenvalue weighted by molar-refractivity contribution is -0.135. The predicted molar refractivity (Wildman–Crippen MR) is 108 cm³/mol. The van der Waals surface area contributed by atoms with E-state index in [1.54, 1.807) is 31.1 Å². The molecule has 0 spiro atoms. The third kappa shape index (κ3) is 4.11. The van der Waals surface area contributed by atoms with Gasteiger partial charge in [-0.25, -0.2) is 0 Å². The smallest absolute Gasteiger partial charge is 0.228 e. The zero-order chi connectivity index (χ0) is 20.3. The maximum Gasteiger partial charge on any atom is 0.228 e. The van der Waals surface area contributed by atoms with E-state index >= 15 is 0 Å². The second-order valence-electron chi connectivity index (χ2n) is 7.12. The van der Waals surface area contributed by atoms with Crippen molar-refractivity contribution < 1.29 is 19.1 Å². The molecule has 1 unspecified atom stereocenters. The highest BCUT2D eigenvalue weighted by molar-refractivity contribution is 6.01. The van der Waals surface area contributed by atoms with Crippen molar-refractivity contribution in [3.63, 3.8) is 0 Å². The van der Waals surface area contributed by atoms with E-state index in [4.69, 9.17) is 9.47 Å². The molecule has 6 nitrogen and oxygen atoms in total. The van der Waals surface area contributed by atoms with Crippen LogP contribution in [0.3, 0.4) is 0 Å². The van der Waals surface area contributed by atoms with Crippen molar-refractivity contribution in [2.75, 3.05) is 32.7 Å². The molecule has 2 aromatic rings. The number of rotatable bonds is 6. The van der Waals surface area contributed by atoms with Crippen molar-refractivity contribution in [3.8, 4) is 11.5 Å². The van der Waals surface area contributed by atoms with Gasteiger partial charge >= 0.3 is 0 Å². The van der Waals surface area contributed by atoms with Gasteiger partial charge in [-0.3, -0.25) is 9.59 Å². The van der Waals surface area contributed by atoms with E-state index in [1.807, 2.05) is 49.4 Å². The van der Waals surface area contributed by atoms with Crippen LogP contribution in [0.4, 0.5) is 5.69 Å². The summed E-state index contributed by atoms with van der Waals surface area (Å²) in [5.74, 6) is 0.972. The summed E-state index contributed by atoms with van der Waals surface area (Å²) in [7, 11) is 4.98. The number of nitrogens with zero attached hydrogens (tertiary/aromatic N) is 2. The van der Waals surface area contributed by atoms with Gasteiger partial charge in [-0.05, 0) is 42.3 Å². The van der Waals surface area contributed by atoms with Crippen molar-refractivity contribution in [3.05, 3.63) is 53.6 Å². The number of hydrogen-bond acceptors (Lipinski definition) is 4. The van der Waals surface area contributed by atoms with Gasteiger partial charge in [0.25, 0.3) is 0 Å². The summed E-state index contributed by atoms with van der Waals surface area (Å²) in [6.45, 7) is 2.82. The topological polar surface area (TPSA) is 59.1 Å². The molecule has 28 heavy (non-hydrogen) atoms. The standard InChI is InChI=1S/C22H26N2O4/c1-15-5-10-20(28-4)19(11-15)24-14-17(12-21(24)25)22(26)23(2)13-16-6-8-18(27-3)9-7-16/h5-11,17H,12-14H2,1-4H3. The van der Waals surface area contributed by atoms with E-state index in [1.165, 1.54) is 0 Å². The minimum Gasteiger partial charge on any atom is -0.497 e. The molecule has 3 rings (SSSR count). The van der Waals surface area contributed by atoms with Crippen LogP contribution in [0.15, 0.2) is 42.5 Å². The highest BCUT2D eigenvalue weighted by atomic mass is 16.5. The van der Waals surface area contributed by atoms with Crippen molar-refractivity contribution in [1.82, 2.24) is 4.90 Å². The van der Waals surface area contributed by atoms with Crippen LogP contribution in [0.25, 0.3) is 0 Å². The van der Waals surface area contributed by atoms with Crippen molar-refractivity contribution in [2.24, 2.45) is 5.92 Å². The van der Waals surface area contributed by atoms with Gasteiger partial charge in [0.2, 0.25) is 11.8 Å². The summed E-state index contributed by atoms with van der Waals surface area (Å²) in [5.41, 5.74) is 2.77. The first kappa shape index (κ1) is 19.7. The number of carbonyl (C=O) groups excluding carboxylic acids is 2. The maximum atomic E-state index is 12.9. The Labute approximate surface area is 165 Å². The Hall–Kier alpha value is -3.02. The third-order valence-corrected chi connectivity index (χ3v) is 5.05. The average Bonchev–Trinajstić information content (AvgIpc) is 3.09. The van der Waals surface area contributed by atoms with E-state index in [9.17, 15) is 9.59 Å². The van der Waals surface area contributed by atoms with Crippen molar-refractivity contribution >= 4 is 17.5 Å². The Morgan fingerprint density at radius 3 is 2.50 bits per heavy atom. The second-order valence-corrected chi connectivity index (χ2v) is 7.12.